The Morgan fingerprint density at radius 3 is 2.22 bits per heavy atom. The van der Waals surface area contributed by atoms with Crippen LogP contribution in [-0.4, -0.2) is 9.79 Å². The van der Waals surface area contributed by atoms with E-state index < -0.39 is 7.60 Å². The van der Waals surface area contributed by atoms with E-state index in [1.807, 2.05) is 0 Å². The van der Waals surface area contributed by atoms with E-state index in [-0.39, 0.29) is 5.31 Å². The molecule has 0 saturated carbocycles. The number of rotatable bonds is 2. The van der Waals surface area contributed by atoms with Gasteiger partial charge in [-0.1, -0.05) is 18.7 Å². The molecule has 0 aliphatic heterocycles. The molecule has 0 saturated heterocycles. The minimum absolute atomic E-state index is 0.148. The molecule has 0 unspecified atom stereocenters. The molecule has 2 N–H and O–H groups in total. The zero-order valence-electron chi connectivity index (χ0n) is 5.11. The molecule has 0 radical (unpaired) electrons. The molecule has 0 heterocycles. The third kappa shape index (κ3) is 3.25. The average Bonchev–Trinajstić information content (AvgIpc) is 1.64. The Labute approximate surface area is 53.9 Å². The van der Waals surface area contributed by atoms with Crippen molar-refractivity contribution in [1.82, 2.24) is 0 Å². The minimum atomic E-state index is -4.05. The molecule has 0 amide bonds. The second-order valence-electron chi connectivity index (χ2n) is 1.54. The summed E-state index contributed by atoms with van der Waals surface area (Å²) in [5.74, 6) is 0. The molecule has 0 spiro atoms. The summed E-state index contributed by atoms with van der Waals surface area (Å²) in [5, 5.41) is -0.148. The van der Waals surface area contributed by atoms with Crippen LogP contribution in [0.2, 0.25) is 0 Å². The fraction of sp³-hybridized carbons (Fsp3) is 0.200. The molecule has 0 aliphatic rings. The van der Waals surface area contributed by atoms with Crippen LogP contribution in [0.5, 0.6) is 0 Å². The van der Waals surface area contributed by atoms with Crippen LogP contribution in [-0.2, 0) is 4.57 Å². The van der Waals surface area contributed by atoms with Gasteiger partial charge in [0.05, 0.1) is 5.31 Å². The molecule has 3 nitrogen and oxygen atoms in total. The van der Waals surface area contributed by atoms with Crippen molar-refractivity contribution >= 4 is 7.60 Å². The van der Waals surface area contributed by atoms with Crippen molar-refractivity contribution < 1.29 is 14.4 Å². The van der Waals surface area contributed by atoms with Gasteiger partial charge in [0, 0.05) is 0 Å². The van der Waals surface area contributed by atoms with E-state index in [4.69, 9.17) is 9.79 Å². The normalized spacial score (nSPS) is 12.3. The summed E-state index contributed by atoms with van der Waals surface area (Å²) in [4.78, 5) is 16.8. The maximum absolute atomic E-state index is 10.3. The van der Waals surface area contributed by atoms with E-state index in [0.717, 1.165) is 0 Å². The third-order valence-electron chi connectivity index (χ3n) is 0.733. The zero-order valence-corrected chi connectivity index (χ0v) is 6.01. The molecule has 0 fully saturated rings. The van der Waals surface area contributed by atoms with Crippen molar-refractivity contribution in [2.75, 3.05) is 0 Å². The first-order valence-corrected chi connectivity index (χ1v) is 3.97. The van der Waals surface area contributed by atoms with Gasteiger partial charge in [0.1, 0.15) is 0 Å². The highest BCUT2D eigenvalue weighted by molar-refractivity contribution is 7.56. The molecular weight excluding hydrogens is 139 g/mol. The monoisotopic (exact) mass is 148 g/mol. The first-order valence-electron chi connectivity index (χ1n) is 2.36. The van der Waals surface area contributed by atoms with Gasteiger partial charge in [-0.25, -0.2) is 0 Å². The lowest BCUT2D eigenvalue weighted by atomic mass is 10.5. The van der Waals surface area contributed by atoms with Gasteiger partial charge in [-0.05, 0) is 6.92 Å². The van der Waals surface area contributed by atoms with Gasteiger partial charge in [-0.3, -0.25) is 4.57 Å². The van der Waals surface area contributed by atoms with Crippen molar-refractivity contribution in [3.05, 3.63) is 24.0 Å². The predicted octanol–water partition coefficient (Wildman–Crippen LogP) is 1.25. The average molecular weight is 148 g/mol. The van der Waals surface area contributed by atoms with Crippen molar-refractivity contribution in [2.24, 2.45) is 0 Å². The summed E-state index contributed by atoms with van der Waals surface area (Å²) in [5.41, 5.74) is 0. The minimum Gasteiger partial charge on any atom is -0.321 e. The van der Waals surface area contributed by atoms with Crippen molar-refractivity contribution in [3.8, 4) is 0 Å². The van der Waals surface area contributed by atoms with Crippen LogP contribution < -0.4 is 0 Å². The quantitative estimate of drug-likeness (QED) is 0.457. The SMILES string of the molecule is C=C(C=CC)P(=O)(O)O. The summed E-state index contributed by atoms with van der Waals surface area (Å²) >= 11 is 0. The summed E-state index contributed by atoms with van der Waals surface area (Å²) < 4.78 is 10.3. The van der Waals surface area contributed by atoms with Gasteiger partial charge in [0.15, 0.2) is 0 Å². The van der Waals surface area contributed by atoms with Crippen LogP contribution in [0.15, 0.2) is 24.0 Å². The lowest BCUT2D eigenvalue weighted by Gasteiger charge is -1.99. The Balaban J connectivity index is 4.24. The highest BCUT2D eigenvalue weighted by atomic mass is 31.2. The van der Waals surface area contributed by atoms with E-state index in [9.17, 15) is 4.57 Å². The van der Waals surface area contributed by atoms with Crippen LogP contribution in [0, 0.1) is 0 Å². The molecule has 0 rings (SSSR count). The van der Waals surface area contributed by atoms with Crippen LogP contribution in [0.4, 0.5) is 0 Å². The van der Waals surface area contributed by atoms with Crippen LogP contribution in [0.1, 0.15) is 6.92 Å². The molecule has 52 valence electrons. The van der Waals surface area contributed by atoms with Crippen LogP contribution in [0.3, 0.4) is 0 Å². The van der Waals surface area contributed by atoms with Crippen molar-refractivity contribution in [1.29, 1.82) is 0 Å². The van der Waals surface area contributed by atoms with Gasteiger partial charge in [-0.15, -0.1) is 0 Å². The first-order chi connectivity index (χ1) is 3.98. The standard InChI is InChI=1S/C5H9O3P/c1-3-4-5(2)9(6,7)8/h3-4H,2H2,1H3,(H2,6,7,8). The second kappa shape index (κ2) is 2.97. The molecular formula is C5H9O3P. The van der Waals surface area contributed by atoms with E-state index in [1.54, 1.807) is 6.92 Å². The van der Waals surface area contributed by atoms with Gasteiger partial charge in [0.2, 0.25) is 0 Å². The van der Waals surface area contributed by atoms with Gasteiger partial charge in [-0.2, -0.15) is 0 Å². The highest BCUT2D eigenvalue weighted by Crippen LogP contribution is 2.44. The molecule has 9 heavy (non-hydrogen) atoms. The third-order valence-corrected chi connectivity index (χ3v) is 1.63. The Morgan fingerprint density at radius 2 is 2.11 bits per heavy atom. The maximum atomic E-state index is 10.3. The molecule has 0 aromatic rings. The lowest BCUT2D eigenvalue weighted by molar-refractivity contribution is 0.383. The Morgan fingerprint density at radius 1 is 1.67 bits per heavy atom. The van der Waals surface area contributed by atoms with Crippen molar-refractivity contribution in [2.45, 2.75) is 6.92 Å². The van der Waals surface area contributed by atoms with Crippen molar-refractivity contribution in [3.63, 3.8) is 0 Å². The van der Waals surface area contributed by atoms with E-state index in [1.165, 1.54) is 12.2 Å². The van der Waals surface area contributed by atoms with Crippen LogP contribution >= 0.6 is 7.60 Å². The fourth-order valence-corrected chi connectivity index (χ4v) is 0.633. The molecule has 0 atom stereocenters. The summed E-state index contributed by atoms with van der Waals surface area (Å²) in [6.45, 7) is 4.83. The molecule has 0 aromatic carbocycles. The maximum Gasteiger partial charge on any atom is 0.355 e. The highest BCUT2D eigenvalue weighted by Gasteiger charge is 2.14. The first kappa shape index (κ1) is 8.63. The lowest BCUT2D eigenvalue weighted by Crippen LogP contribution is -1.77. The van der Waals surface area contributed by atoms with E-state index >= 15 is 0 Å². The Hall–Kier alpha value is -0.370. The summed E-state index contributed by atoms with van der Waals surface area (Å²) in [6.07, 6.45) is 2.82. The number of hydrogen-bond acceptors (Lipinski definition) is 1. The van der Waals surface area contributed by atoms with Gasteiger partial charge >= 0.3 is 7.60 Å². The Kier molecular flexibility index (Phi) is 2.85. The van der Waals surface area contributed by atoms with Gasteiger partial charge < -0.3 is 9.79 Å². The molecule has 0 aromatic heterocycles. The fourth-order valence-electron chi connectivity index (χ4n) is 0.289. The summed E-state index contributed by atoms with van der Waals surface area (Å²) in [6, 6.07) is 0. The number of hydrogen-bond donors (Lipinski definition) is 2. The predicted molar refractivity (Wildman–Crippen MR) is 36.0 cm³/mol. The molecule has 4 heteroatoms. The molecule has 0 bridgehead atoms. The largest absolute Gasteiger partial charge is 0.355 e. The summed E-state index contributed by atoms with van der Waals surface area (Å²) in [7, 11) is -4.05. The number of allylic oxidation sites excluding steroid dienone is 3. The molecule has 0 aliphatic carbocycles. The van der Waals surface area contributed by atoms with Gasteiger partial charge in [0.25, 0.3) is 0 Å². The zero-order chi connectivity index (χ0) is 7.49. The smallest absolute Gasteiger partial charge is 0.321 e. The topological polar surface area (TPSA) is 57.5 Å². The Bertz CT molecular complexity index is 177. The second-order valence-corrected chi connectivity index (χ2v) is 3.20. The van der Waals surface area contributed by atoms with Crippen LogP contribution in [0.25, 0.3) is 0 Å². The van der Waals surface area contributed by atoms with E-state index in [0.29, 0.717) is 0 Å². The van der Waals surface area contributed by atoms with E-state index in [2.05, 4.69) is 6.58 Å².